The second kappa shape index (κ2) is 11.9. The summed E-state index contributed by atoms with van der Waals surface area (Å²) < 4.78 is 5.33. The molecule has 0 spiro atoms. The van der Waals surface area contributed by atoms with Crippen LogP contribution in [-0.4, -0.2) is 40.5 Å². The number of nitrogens with one attached hydrogen (secondary N) is 2. The monoisotopic (exact) mass is 503 g/mol. The van der Waals surface area contributed by atoms with Crippen molar-refractivity contribution in [3.05, 3.63) is 78.4 Å². The van der Waals surface area contributed by atoms with Gasteiger partial charge in [0.15, 0.2) is 0 Å². The highest BCUT2D eigenvalue weighted by Crippen LogP contribution is 2.28. The fraction of sp³-hybridized carbons (Fsp3) is 0.367. The van der Waals surface area contributed by atoms with Gasteiger partial charge >= 0.3 is 6.09 Å². The van der Waals surface area contributed by atoms with Gasteiger partial charge in [-0.3, -0.25) is 9.59 Å². The van der Waals surface area contributed by atoms with Crippen LogP contribution in [-0.2, 0) is 14.3 Å². The van der Waals surface area contributed by atoms with Crippen molar-refractivity contribution in [1.29, 1.82) is 0 Å². The first-order valence-electron chi connectivity index (χ1n) is 12.7. The maximum absolute atomic E-state index is 13.8. The fourth-order valence-corrected chi connectivity index (χ4v) is 4.12. The van der Waals surface area contributed by atoms with Gasteiger partial charge in [0, 0.05) is 11.7 Å². The standard InChI is InChI=1S/C30H37N3O4/c1-7-20(2)33(28(35)21(3)31-29(36)37-30(4,5)6)26(23-14-9-8-10-15-23)27(34)32-25-18-17-22-13-11-12-16-24(22)19-25/h8-21,26H,7H2,1-6H3,(H,31,36)(H,32,34). The Morgan fingerprint density at radius 2 is 1.51 bits per heavy atom. The van der Waals surface area contributed by atoms with E-state index in [0.29, 0.717) is 17.7 Å². The summed E-state index contributed by atoms with van der Waals surface area (Å²) in [6.45, 7) is 10.7. The average Bonchev–Trinajstić information content (AvgIpc) is 2.85. The van der Waals surface area contributed by atoms with E-state index in [4.69, 9.17) is 4.74 Å². The summed E-state index contributed by atoms with van der Waals surface area (Å²) in [6, 6.07) is 20.8. The van der Waals surface area contributed by atoms with Crippen LogP contribution in [0, 0.1) is 0 Å². The lowest BCUT2D eigenvalue weighted by molar-refractivity contribution is -0.143. The van der Waals surface area contributed by atoms with Gasteiger partial charge in [0.05, 0.1) is 0 Å². The summed E-state index contributed by atoms with van der Waals surface area (Å²) >= 11 is 0. The predicted octanol–water partition coefficient (Wildman–Crippen LogP) is 6.06. The van der Waals surface area contributed by atoms with Gasteiger partial charge in [-0.05, 0) is 69.5 Å². The molecule has 7 heteroatoms. The quantitative estimate of drug-likeness (QED) is 0.391. The number of carbonyl (C=O) groups excluding carboxylic acids is 3. The molecule has 3 aromatic rings. The highest BCUT2D eigenvalue weighted by molar-refractivity contribution is 6.00. The smallest absolute Gasteiger partial charge is 0.408 e. The molecule has 3 unspecified atom stereocenters. The van der Waals surface area contributed by atoms with Crippen LogP contribution in [0.5, 0.6) is 0 Å². The highest BCUT2D eigenvalue weighted by Gasteiger charge is 2.37. The van der Waals surface area contributed by atoms with Gasteiger partial charge < -0.3 is 20.3 Å². The Bertz CT molecular complexity index is 1240. The van der Waals surface area contributed by atoms with E-state index >= 15 is 0 Å². The number of rotatable bonds is 8. The molecule has 3 atom stereocenters. The normalized spacial score (nSPS) is 13.8. The molecule has 0 radical (unpaired) electrons. The predicted molar refractivity (Wildman–Crippen MR) is 147 cm³/mol. The summed E-state index contributed by atoms with van der Waals surface area (Å²) in [4.78, 5) is 41.5. The summed E-state index contributed by atoms with van der Waals surface area (Å²) in [6.07, 6.45) is -0.0633. The second-order valence-corrected chi connectivity index (χ2v) is 10.2. The fourth-order valence-electron chi connectivity index (χ4n) is 4.12. The van der Waals surface area contributed by atoms with E-state index in [9.17, 15) is 14.4 Å². The Morgan fingerprint density at radius 3 is 2.14 bits per heavy atom. The molecule has 196 valence electrons. The number of alkyl carbamates (subject to hydrolysis) is 1. The van der Waals surface area contributed by atoms with Gasteiger partial charge in [0.2, 0.25) is 5.91 Å². The molecule has 0 bridgehead atoms. The Labute approximate surface area is 219 Å². The number of fused-ring (bicyclic) bond motifs is 1. The molecular formula is C30H37N3O4. The molecule has 0 aromatic heterocycles. The second-order valence-electron chi connectivity index (χ2n) is 10.2. The van der Waals surface area contributed by atoms with E-state index in [0.717, 1.165) is 10.8 Å². The minimum Gasteiger partial charge on any atom is -0.444 e. The molecule has 0 fully saturated rings. The van der Waals surface area contributed by atoms with Crippen LogP contribution in [0.25, 0.3) is 10.8 Å². The van der Waals surface area contributed by atoms with Crippen molar-refractivity contribution in [3.63, 3.8) is 0 Å². The van der Waals surface area contributed by atoms with Crippen LogP contribution in [0.4, 0.5) is 10.5 Å². The molecule has 7 nitrogen and oxygen atoms in total. The zero-order chi connectivity index (χ0) is 27.2. The largest absolute Gasteiger partial charge is 0.444 e. The molecule has 3 amide bonds. The number of hydrogen-bond acceptors (Lipinski definition) is 4. The number of carbonyl (C=O) groups is 3. The number of anilines is 1. The zero-order valence-electron chi connectivity index (χ0n) is 22.4. The maximum atomic E-state index is 13.8. The van der Waals surface area contributed by atoms with E-state index in [1.54, 1.807) is 32.6 Å². The van der Waals surface area contributed by atoms with Crippen LogP contribution in [0.1, 0.15) is 59.6 Å². The van der Waals surface area contributed by atoms with E-state index in [1.165, 1.54) is 0 Å². The highest BCUT2D eigenvalue weighted by atomic mass is 16.6. The topological polar surface area (TPSA) is 87.7 Å². The Morgan fingerprint density at radius 1 is 0.892 bits per heavy atom. The molecule has 0 saturated carbocycles. The molecule has 0 heterocycles. The lowest BCUT2D eigenvalue weighted by Crippen LogP contribution is -2.53. The van der Waals surface area contributed by atoms with Gasteiger partial charge in [0.1, 0.15) is 17.7 Å². The molecular weight excluding hydrogens is 466 g/mol. The average molecular weight is 504 g/mol. The van der Waals surface area contributed by atoms with Crippen molar-refractivity contribution in [3.8, 4) is 0 Å². The SMILES string of the molecule is CCC(C)N(C(=O)C(C)NC(=O)OC(C)(C)C)C(C(=O)Nc1ccc2ccccc2c1)c1ccccc1. The third-order valence-electron chi connectivity index (χ3n) is 6.08. The number of benzene rings is 3. The van der Waals surface area contributed by atoms with Crippen molar-refractivity contribution in [2.24, 2.45) is 0 Å². The zero-order valence-corrected chi connectivity index (χ0v) is 22.4. The van der Waals surface area contributed by atoms with Crippen LogP contribution < -0.4 is 10.6 Å². The van der Waals surface area contributed by atoms with E-state index in [-0.39, 0.29) is 17.9 Å². The van der Waals surface area contributed by atoms with E-state index in [2.05, 4.69) is 10.6 Å². The molecule has 0 aliphatic heterocycles. The van der Waals surface area contributed by atoms with Crippen molar-refractivity contribution in [2.45, 2.75) is 71.7 Å². The van der Waals surface area contributed by atoms with Crippen molar-refractivity contribution in [2.75, 3.05) is 5.32 Å². The summed E-state index contributed by atoms with van der Waals surface area (Å²) in [5.41, 5.74) is 0.621. The Hall–Kier alpha value is -3.87. The van der Waals surface area contributed by atoms with Crippen LogP contribution in [0.2, 0.25) is 0 Å². The first kappa shape index (κ1) is 27.7. The van der Waals surface area contributed by atoms with Crippen LogP contribution in [0.3, 0.4) is 0 Å². The van der Waals surface area contributed by atoms with Gasteiger partial charge in [-0.25, -0.2) is 4.79 Å². The lowest BCUT2D eigenvalue weighted by Gasteiger charge is -2.37. The summed E-state index contributed by atoms with van der Waals surface area (Å²) in [5.74, 6) is -0.706. The van der Waals surface area contributed by atoms with Gasteiger partial charge in [-0.15, -0.1) is 0 Å². The minimum atomic E-state index is -0.905. The van der Waals surface area contributed by atoms with E-state index in [1.807, 2.05) is 86.6 Å². The molecule has 3 aromatic carbocycles. The molecule has 0 saturated heterocycles. The minimum absolute atomic E-state index is 0.275. The molecule has 2 N–H and O–H groups in total. The third kappa shape index (κ3) is 7.32. The molecule has 0 aliphatic carbocycles. The van der Waals surface area contributed by atoms with Crippen LogP contribution >= 0.6 is 0 Å². The number of ether oxygens (including phenoxy) is 1. The summed E-state index contributed by atoms with van der Waals surface area (Å²) in [7, 11) is 0. The first-order valence-corrected chi connectivity index (χ1v) is 12.7. The van der Waals surface area contributed by atoms with Crippen molar-refractivity contribution in [1.82, 2.24) is 10.2 Å². The van der Waals surface area contributed by atoms with Gasteiger partial charge in [0.25, 0.3) is 5.91 Å². The number of amides is 3. The van der Waals surface area contributed by atoms with Gasteiger partial charge in [-0.2, -0.15) is 0 Å². The first-order chi connectivity index (χ1) is 17.5. The molecule has 37 heavy (non-hydrogen) atoms. The van der Waals surface area contributed by atoms with Gasteiger partial charge in [-0.1, -0.05) is 67.6 Å². The van der Waals surface area contributed by atoms with Crippen LogP contribution in [0.15, 0.2) is 72.8 Å². The Balaban J connectivity index is 1.94. The summed E-state index contributed by atoms with van der Waals surface area (Å²) in [5, 5.41) is 7.71. The number of nitrogens with zero attached hydrogens (tertiary/aromatic N) is 1. The maximum Gasteiger partial charge on any atom is 0.408 e. The third-order valence-corrected chi connectivity index (χ3v) is 6.08. The van der Waals surface area contributed by atoms with Crippen molar-refractivity contribution >= 4 is 34.4 Å². The lowest BCUT2D eigenvalue weighted by atomic mass is 10.00. The molecule has 0 aliphatic rings. The molecule has 3 rings (SSSR count). The Kier molecular flexibility index (Phi) is 8.92. The van der Waals surface area contributed by atoms with Crippen molar-refractivity contribution < 1.29 is 19.1 Å². The van der Waals surface area contributed by atoms with E-state index < -0.39 is 23.8 Å². The number of hydrogen-bond donors (Lipinski definition) is 2.